The van der Waals surface area contributed by atoms with Gasteiger partial charge in [0.15, 0.2) is 4.34 Å². The molecule has 2 atom stereocenters. The van der Waals surface area contributed by atoms with Crippen molar-refractivity contribution in [3.05, 3.63) is 0 Å². The molecule has 0 aromatic carbocycles. The van der Waals surface area contributed by atoms with Crippen molar-refractivity contribution in [3.8, 4) is 0 Å². The minimum atomic E-state index is -1.44. The van der Waals surface area contributed by atoms with Crippen LogP contribution in [-0.2, 0) is 4.79 Å². The molecule has 1 N–H and O–H groups in total. The highest BCUT2D eigenvalue weighted by atomic mass is 32.2. The molecular formula is C10H14N4O3S2. The van der Waals surface area contributed by atoms with E-state index in [9.17, 15) is 14.7 Å². The van der Waals surface area contributed by atoms with Gasteiger partial charge in [-0.3, -0.25) is 9.69 Å². The molecule has 2 rings (SSSR count). The first-order chi connectivity index (χ1) is 8.95. The zero-order valence-electron chi connectivity index (χ0n) is 10.7. The van der Waals surface area contributed by atoms with Crippen LogP contribution in [0.25, 0.3) is 0 Å². The molecule has 1 aromatic rings. The molecule has 1 aliphatic heterocycles. The summed E-state index contributed by atoms with van der Waals surface area (Å²) in [5.74, 6) is -0.691. The third kappa shape index (κ3) is 2.58. The molecule has 2 unspecified atom stereocenters. The number of amides is 3. The van der Waals surface area contributed by atoms with Crippen LogP contribution in [0, 0.1) is 0 Å². The summed E-state index contributed by atoms with van der Waals surface area (Å²) in [5, 5.41) is 17.9. The number of aromatic nitrogens is 2. The molecule has 0 aliphatic carbocycles. The lowest BCUT2D eigenvalue weighted by Crippen LogP contribution is -2.31. The van der Waals surface area contributed by atoms with Crippen LogP contribution in [0.4, 0.5) is 9.93 Å². The summed E-state index contributed by atoms with van der Waals surface area (Å²) in [6, 6.07) is -0.589. The van der Waals surface area contributed by atoms with Crippen LogP contribution in [0.15, 0.2) is 4.34 Å². The smallest absolute Gasteiger partial charge is 0.335 e. The van der Waals surface area contributed by atoms with Crippen LogP contribution < -0.4 is 4.90 Å². The fourth-order valence-electron chi connectivity index (χ4n) is 1.41. The maximum Gasteiger partial charge on any atom is 0.335 e. The van der Waals surface area contributed by atoms with Gasteiger partial charge in [-0.15, -0.1) is 10.2 Å². The number of carbonyl (C=O) groups excluding carboxylic acids is 2. The normalized spacial score (nSPS) is 21.4. The monoisotopic (exact) mass is 302 g/mol. The molecule has 7 nitrogen and oxygen atoms in total. The van der Waals surface area contributed by atoms with E-state index in [-0.39, 0.29) is 5.13 Å². The first-order valence-corrected chi connectivity index (χ1v) is 7.44. The van der Waals surface area contributed by atoms with Gasteiger partial charge >= 0.3 is 6.03 Å². The molecular weight excluding hydrogens is 288 g/mol. The van der Waals surface area contributed by atoms with Gasteiger partial charge in [0.25, 0.3) is 5.91 Å². The highest BCUT2D eigenvalue weighted by Crippen LogP contribution is 2.33. The van der Waals surface area contributed by atoms with Crippen molar-refractivity contribution in [1.29, 1.82) is 0 Å². The molecule has 0 radical (unpaired) electrons. The van der Waals surface area contributed by atoms with E-state index in [0.29, 0.717) is 9.59 Å². The van der Waals surface area contributed by atoms with Gasteiger partial charge < -0.3 is 5.11 Å². The molecule has 1 aromatic heterocycles. The zero-order valence-corrected chi connectivity index (χ0v) is 12.4. The number of nitrogens with zero attached hydrogens (tertiary/aromatic N) is 4. The van der Waals surface area contributed by atoms with Crippen LogP contribution in [0.5, 0.6) is 0 Å². The summed E-state index contributed by atoms with van der Waals surface area (Å²) in [7, 11) is 1.36. The second kappa shape index (κ2) is 5.43. The van der Waals surface area contributed by atoms with Crippen LogP contribution in [0.3, 0.4) is 0 Å². The Labute approximate surface area is 118 Å². The van der Waals surface area contributed by atoms with Crippen molar-refractivity contribution in [1.82, 2.24) is 15.1 Å². The Morgan fingerprint density at radius 2 is 2.16 bits per heavy atom. The molecule has 0 spiro atoms. The average molecular weight is 302 g/mol. The first-order valence-electron chi connectivity index (χ1n) is 5.74. The van der Waals surface area contributed by atoms with Crippen molar-refractivity contribution < 1.29 is 14.7 Å². The van der Waals surface area contributed by atoms with Crippen LogP contribution in [-0.4, -0.2) is 50.7 Å². The SMILES string of the molecule is CCC(C)Sc1nnc(N2C(=O)C(O)N(C)C2=O)s1. The predicted molar refractivity (Wildman–Crippen MR) is 72.2 cm³/mol. The van der Waals surface area contributed by atoms with Gasteiger partial charge in [0, 0.05) is 12.3 Å². The number of aliphatic hydroxyl groups excluding tert-OH is 1. The number of thioether (sulfide) groups is 1. The van der Waals surface area contributed by atoms with Crippen LogP contribution in [0.2, 0.25) is 0 Å². The molecule has 104 valence electrons. The molecule has 9 heteroatoms. The molecule has 0 bridgehead atoms. The number of imide groups is 1. The van der Waals surface area contributed by atoms with Crippen LogP contribution >= 0.6 is 23.1 Å². The Morgan fingerprint density at radius 3 is 2.68 bits per heavy atom. The maximum atomic E-state index is 11.8. The van der Waals surface area contributed by atoms with E-state index in [0.717, 1.165) is 16.2 Å². The summed E-state index contributed by atoms with van der Waals surface area (Å²) in [5.41, 5.74) is 0. The van der Waals surface area contributed by atoms with E-state index in [1.165, 1.54) is 18.4 Å². The third-order valence-electron chi connectivity index (χ3n) is 2.77. The fourth-order valence-corrected chi connectivity index (χ4v) is 3.50. The van der Waals surface area contributed by atoms with Gasteiger partial charge in [0.2, 0.25) is 11.4 Å². The minimum absolute atomic E-state index is 0.198. The molecule has 1 fully saturated rings. The number of anilines is 1. The largest absolute Gasteiger partial charge is 0.365 e. The summed E-state index contributed by atoms with van der Waals surface area (Å²) in [6.45, 7) is 4.13. The van der Waals surface area contributed by atoms with Crippen molar-refractivity contribution >= 4 is 40.2 Å². The van der Waals surface area contributed by atoms with E-state index in [1.54, 1.807) is 11.8 Å². The summed E-state index contributed by atoms with van der Waals surface area (Å²) < 4.78 is 0.703. The number of urea groups is 1. The Kier molecular flexibility index (Phi) is 4.07. The average Bonchev–Trinajstić information content (AvgIpc) is 2.90. The topological polar surface area (TPSA) is 86.6 Å². The summed E-state index contributed by atoms with van der Waals surface area (Å²) >= 11 is 2.72. The number of hydrogen-bond donors (Lipinski definition) is 1. The van der Waals surface area contributed by atoms with E-state index in [1.807, 2.05) is 0 Å². The number of likely N-dealkylation sites (N-methyl/N-ethyl adjacent to an activating group) is 1. The Morgan fingerprint density at radius 1 is 1.47 bits per heavy atom. The second-order valence-corrected chi connectivity index (χ2v) is 6.77. The van der Waals surface area contributed by atoms with Gasteiger partial charge in [-0.05, 0) is 6.42 Å². The van der Waals surface area contributed by atoms with Gasteiger partial charge in [0.05, 0.1) is 0 Å². The Hall–Kier alpha value is -1.19. The minimum Gasteiger partial charge on any atom is -0.365 e. The number of aliphatic hydroxyl groups is 1. The highest BCUT2D eigenvalue weighted by Gasteiger charge is 2.44. The summed E-state index contributed by atoms with van der Waals surface area (Å²) in [4.78, 5) is 25.4. The van der Waals surface area contributed by atoms with Crippen molar-refractivity contribution in [2.24, 2.45) is 0 Å². The predicted octanol–water partition coefficient (Wildman–Crippen LogP) is 1.15. The first kappa shape index (κ1) is 14.2. The standard InChI is InChI=1S/C10H14N4O3S2/c1-4-5(2)18-9-12-11-8(19-9)14-7(16)6(15)13(3)10(14)17/h5-6,15H,4H2,1-3H3. The van der Waals surface area contributed by atoms with Crippen LogP contribution in [0.1, 0.15) is 20.3 Å². The van der Waals surface area contributed by atoms with Gasteiger partial charge in [-0.25, -0.2) is 9.69 Å². The molecule has 1 saturated heterocycles. The second-order valence-electron chi connectivity index (χ2n) is 4.13. The Balaban J connectivity index is 2.19. The number of hydrogen-bond acceptors (Lipinski definition) is 7. The lowest BCUT2D eigenvalue weighted by molar-refractivity contribution is -0.128. The quantitative estimate of drug-likeness (QED) is 0.510. The fraction of sp³-hybridized carbons (Fsp3) is 0.600. The molecule has 1 aliphatic rings. The third-order valence-corrected chi connectivity index (χ3v) is 5.03. The van der Waals surface area contributed by atoms with Crippen molar-refractivity contribution in [3.63, 3.8) is 0 Å². The van der Waals surface area contributed by atoms with Gasteiger partial charge in [0.1, 0.15) is 0 Å². The van der Waals surface area contributed by atoms with Gasteiger partial charge in [-0.2, -0.15) is 0 Å². The van der Waals surface area contributed by atoms with Crippen molar-refractivity contribution in [2.45, 2.75) is 36.1 Å². The number of carbonyl (C=O) groups is 2. The van der Waals surface area contributed by atoms with Crippen molar-refractivity contribution in [2.75, 3.05) is 11.9 Å². The van der Waals surface area contributed by atoms with E-state index in [4.69, 9.17) is 0 Å². The lowest BCUT2D eigenvalue weighted by atomic mass is 10.4. The molecule has 2 heterocycles. The van der Waals surface area contributed by atoms with Gasteiger partial charge in [-0.1, -0.05) is 36.9 Å². The maximum absolute atomic E-state index is 11.8. The highest BCUT2D eigenvalue weighted by molar-refractivity contribution is 8.01. The van der Waals surface area contributed by atoms with E-state index >= 15 is 0 Å². The molecule has 19 heavy (non-hydrogen) atoms. The molecule has 3 amide bonds. The Bertz CT molecular complexity index is 487. The molecule has 0 saturated carbocycles. The summed E-state index contributed by atoms with van der Waals surface area (Å²) in [6.07, 6.45) is -0.454. The zero-order chi connectivity index (χ0) is 14.2. The van der Waals surface area contributed by atoms with E-state index < -0.39 is 18.2 Å². The number of rotatable bonds is 4. The lowest BCUT2D eigenvalue weighted by Gasteiger charge is -2.09. The van der Waals surface area contributed by atoms with E-state index in [2.05, 4.69) is 24.0 Å².